The van der Waals surface area contributed by atoms with E-state index in [-0.39, 0.29) is 12.4 Å². The van der Waals surface area contributed by atoms with Gasteiger partial charge < -0.3 is 9.26 Å². The molecule has 0 aliphatic heterocycles. The third-order valence-corrected chi connectivity index (χ3v) is 2.43. The lowest BCUT2D eigenvalue weighted by Crippen LogP contribution is -1.96. The van der Waals surface area contributed by atoms with Crippen molar-refractivity contribution in [2.45, 2.75) is 13.5 Å². The highest BCUT2D eigenvalue weighted by molar-refractivity contribution is 9.10. The zero-order chi connectivity index (χ0) is 11.5. The van der Waals surface area contributed by atoms with E-state index >= 15 is 0 Å². The summed E-state index contributed by atoms with van der Waals surface area (Å²) >= 11 is 3.19. The van der Waals surface area contributed by atoms with Crippen molar-refractivity contribution in [3.8, 4) is 5.75 Å². The van der Waals surface area contributed by atoms with Crippen LogP contribution in [0.1, 0.15) is 11.7 Å². The summed E-state index contributed by atoms with van der Waals surface area (Å²) in [7, 11) is 0. The van der Waals surface area contributed by atoms with Gasteiger partial charge in [-0.1, -0.05) is 5.16 Å². The molecule has 0 saturated carbocycles. The van der Waals surface area contributed by atoms with Crippen molar-refractivity contribution in [3.05, 3.63) is 40.2 Å². The highest BCUT2D eigenvalue weighted by atomic mass is 79.9. The molecule has 0 aliphatic carbocycles. The summed E-state index contributed by atoms with van der Waals surface area (Å²) in [6.07, 6.45) is 0. The van der Waals surface area contributed by atoms with Crippen molar-refractivity contribution in [3.63, 3.8) is 0 Å². The molecule has 0 saturated heterocycles. The van der Waals surface area contributed by atoms with Crippen LogP contribution in [0.2, 0.25) is 0 Å². The van der Waals surface area contributed by atoms with Crippen LogP contribution in [0, 0.1) is 12.7 Å². The smallest absolute Gasteiger partial charge is 0.264 e. The Labute approximate surface area is 99.5 Å². The van der Waals surface area contributed by atoms with Gasteiger partial charge in [0.1, 0.15) is 11.6 Å². The van der Waals surface area contributed by atoms with E-state index in [4.69, 9.17) is 9.26 Å². The molecule has 2 rings (SSSR count). The molecule has 1 aromatic carbocycles. The molecule has 0 unspecified atom stereocenters. The van der Waals surface area contributed by atoms with Gasteiger partial charge in [-0.15, -0.1) is 0 Å². The summed E-state index contributed by atoms with van der Waals surface area (Å²) in [5.41, 5.74) is 0. The van der Waals surface area contributed by atoms with Crippen molar-refractivity contribution in [1.82, 2.24) is 10.1 Å². The number of aromatic nitrogens is 2. The number of benzene rings is 1. The van der Waals surface area contributed by atoms with Gasteiger partial charge in [0.25, 0.3) is 5.89 Å². The zero-order valence-electron chi connectivity index (χ0n) is 8.41. The normalized spacial score (nSPS) is 10.4. The van der Waals surface area contributed by atoms with Gasteiger partial charge in [-0.25, -0.2) is 4.39 Å². The molecular weight excluding hydrogens is 279 g/mol. The molecule has 0 radical (unpaired) electrons. The molecule has 84 valence electrons. The Morgan fingerprint density at radius 1 is 1.50 bits per heavy atom. The van der Waals surface area contributed by atoms with Crippen molar-refractivity contribution in [2.75, 3.05) is 0 Å². The van der Waals surface area contributed by atoms with Crippen LogP contribution in [0.25, 0.3) is 0 Å². The van der Waals surface area contributed by atoms with Gasteiger partial charge in [-0.05, 0) is 41.1 Å². The van der Waals surface area contributed by atoms with E-state index in [1.54, 1.807) is 6.92 Å². The molecular formula is C10H8BrFN2O2. The van der Waals surface area contributed by atoms with Crippen molar-refractivity contribution < 1.29 is 13.7 Å². The second kappa shape index (κ2) is 4.61. The Morgan fingerprint density at radius 2 is 2.31 bits per heavy atom. The number of hydrogen-bond acceptors (Lipinski definition) is 4. The van der Waals surface area contributed by atoms with Crippen molar-refractivity contribution in [2.24, 2.45) is 0 Å². The number of ether oxygens (including phenoxy) is 1. The van der Waals surface area contributed by atoms with Crippen LogP contribution in [-0.4, -0.2) is 10.1 Å². The second-order valence-electron chi connectivity index (χ2n) is 3.10. The SMILES string of the molecule is Cc1noc(COc2ccc(F)cc2Br)n1. The van der Waals surface area contributed by atoms with Crippen molar-refractivity contribution in [1.29, 1.82) is 0 Å². The molecule has 16 heavy (non-hydrogen) atoms. The van der Waals surface area contributed by atoms with Gasteiger partial charge in [0.15, 0.2) is 12.4 Å². The minimum absolute atomic E-state index is 0.158. The lowest BCUT2D eigenvalue weighted by atomic mass is 10.3. The largest absolute Gasteiger partial charge is 0.483 e. The first-order valence-corrected chi connectivity index (χ1v) is 5.31. The van der Waals surface area contributed by atoms with Crippen molar-refractivity contribution >= 4 is 15.9 Å². The first-order chi connectivity index (χ1) is 7.65. The van der Waals surface area contributed by atoms with Crippen LogP contribution in [0.5, 0.6) is 5.75 Å². The van der Waals surface area contributed by atoms with Gasteiger partial charge in [0.2, 0.25) is 0 Å². The van der Waals surface area contributed by atoms with E-state index in [0.717, 1.165) is 0 Å². The van der Waals surface area contributed by atoms with Crippen LogP contribution in [0.15, 0.2) is 27.2 Å². The summed E-state index contributed by atoms with van der Waals surface area (Å²) in [5, 5.41) is 3.63. The van der Waals surface area contributed by atoms with Gasteiger partial charge in [-0.3, -0.25) is 0 Å². The minimum atomic E-state index is -0.326. The Morgan fingerprint density at radius 3 is 2.94 bits per heavy atom. The Kier molecular flexibility index (Phi) is 3.19. The molecule has 2 aromatic rings. The predicted molar refractivity (Wildman–Crippen MR) is 57.5 cm³/mol. The third kappa shape index (κ3) is 2.57. The average Bonchev–Trinajstić information content (AvgIpc) is 2.63. The minimum Gasteiger partial charge on any atom is -0.483 e. The summed E-state index contributed by atoms with van der Waals surface area (Å²) in [6, 6.07) is 4.18. The van der Waals surface area contributed by atoms with E-state index in [9.17, 15) is 4.39 Å². The number of rotatable bonds is 3. The van der Waals surface area contributed by atoms with E-state index in [1.807, 2.05) is 0 Å². The summed E-state index contributed by atoms with van der Waals surface area (Å²) in [5.74, 6) is 1.13. The molecule has 0 spiro atoms. The number of nitrogens with zero attached hydrogens (tertiary/aromatic N) is 2. The van der Waals surface area contributed by atoms with Gasteiger partial charge in [0.05, 0.1) is 4.47 Å². The summed E-state index contributed by atoms with van der Waals surface area (Å²) in [6.45, 7) is 1.88. The van der Waals surface area contributed by atoms with Crippen LogP contribution in [0.3, 0.4) is 0 Å². The monoisotopic (exact) mass is 286 g/mol. The molecule has 0 fully saturated rings. The Bertz CT molecular complexity index is 501. The molecule has 0 bridgehead atoms. The molecule has 0 N–H and O–H groups in total. The fourth-order valence-electron chi connectivity index (χ4n) is 1.13. The predicted octanol–water partition coefficient (Wildman–Crippen LogP) is 2.86. The molecule has 0 atom stereocenters. The fraction of sp³-hybridized carbons (Fsp3) is 0.200. The molecule has 0 amide bonds. The van der Waals surface area contributed by atoms with Gasteiger partial charge in [0, 0.05) is 0 Å². The molecule has 4 nitrogen and oxygen atoms in total. The van der Waals surface area contributed by atoms with Crippen LogP contribution in [0.4, 0.5) is 4.39 Å². The van der Waals surface area contributed by atoms with E-state index in [1.165, 1.54) is 18.2 Å². The third-order valence-electron chi connectivity index (χ3n) is 1.81. The quantitative estimate of drug-likeness (QED) is 0.871. The first-order valence-electron chi connectivity index (χ1n) is 4.52. The standard InChI is InChI=1S/C10H8BrFN2O2/c1-6-13-10(16-14-6)5-15-9-3-2-7(12)4-8(9)11/h2-4H,5H2,1H3. The number of hydrogen-bond donors (Lipinski definition) is 0. The van der Waals surface area contributed by atoms with Gasteiger partial charge in [-0.2, -0.15) is 4.98 Å². The molecule has 1 aromatic heterocycles. The highest BCUT2D eigenvalue weighted by Gasteiger charge is 2.06. The molecule has 6 heteroatoms. The Balaban J connectivity index is 2.04. The Hall–Kier alpha value is -1.43. The van der Waals surface area contributed by atoms with E-state index < -0.39 is 0 Å². The van der Waals surface area contributed by atoms with E-state index in [0.29, 0.717) is 21.9 Å². The maximum atomic E-state index is 12.8. The number of halogens is 2. The van der Waals surface area contributed by atoms with Gasteiger partial charge >= 0.3 is 0 Å². The number of aryl methyl sites for hydroxylation is 1. The van der Waals surface area contributed by atoms with Crippen LogP contribution < -0.4 is 4.74 Å². The summed E-state index contributed by atoms with van der Waals surface area (Å²) in [4.78, 5) is 3.98. The zero-order valence-corrected chi connectivity index (χ0v) is 9.99. The van der Waals surface area contributed by atoms with Crippen LogP contribution >= 0.6 is 15.9 Å². The topological polar surface area (TPSA) is 48.2 Å². The maximum absolute atomic E-state index is 12.8. The summed E-state index contributed by atoms with van der Waals surface area (Å²) < 4.78 is 23.6. The molecule has 0 aliphatic rings. The highest BCUT2D eigenvalue weighted by Crippen LogP contribution is 2.25. The van der Waals surface area contributed by atoms with Crippen LogP contribution in [-0.2, 0) is 6.61 Å². The first kappa shape index (κ1) is 11.1. The van der Waals surface area contributed by atoms with E-state index in [2.05, 4.69) is 26.1 Å². The lowest BCUT2D eigenvalue weighted by Gasteiger charge is -2.05. The average molecular weight is 287 g/mol. The maximum Gasteiger partial charge on any atom is 0.264 e. The second-order valence-corrected chi connectivity index (χ2v) is 3.95. The fourth-order valence-corrected chi connectivity index (χ4v) is 1.60. The lowest BCUT2D eigenvalue weighted by molar-refractivity contribution is 0.241. The molecule has 1 heterocycles.